The van der Waals surface area contributed by atoms with Crippen molar-refractivity contribution < 1.29 is 14.7 Å². The van der Waals surface area contributed by atoms with Crippen molar-refractivity contribution in [2.45, 2.75) is 89.1 Å². The van der Waals surface area contributed by atoms with Crippen LogP contribution in [0, 0.1) is 5.92 Å². The standard InChI is InChI=1S/C35H48N6O3/c1-2-3-6-29(36)7-4-8-30-26(13-12-25-18-24-11-10-23(14-16-42)17-27(24)19-31(25)30)20-32(41-33-9-5-15-39-33)28(21-34(43)44)22-40-35(37)38/h5,9-11,15-19,21,26,29-30,32,39,41H,2-4,6-8,12-14,20,22,36H2,1H3,(H,43,44)(H4,37,38,40)/b28-21+/t26-,29+,30-,32-/m1/s1. The van der Waals surface area contributed by atoms with Crippen LogP contribution >= 0.6 is 0 Å². The van der Waals surface area contributed by atoms with E-state index < -0.39 is 5.97 Å². The first-order valence-corrected chi connectivity index (χ1v) is 15.9. The van der Waals surface area contributed by atoms with Gasteiger partial charge in [-0.1, -0.05) is 56.5 Å². The number of nitrogens with two attached hydrogens (primary N) is 3. The first-order valence-electron chi connectivity index (χ1n) is 15.9. The van der Waals surface area contributed by atoms with Gasteiger partial charge in [0.1, 0.15) is 12.1 Å². The molecule has 0 unspecified atom stereocenters. The van der Waals surface area contributed by atoms with Gasteiger partial charge in [-0.2, -0.15) is 0 Å². The molecule has 0 saturated carbocycles. The van der Waals surface area contributed by atoms with Crippen LogP contribution in [0.15, 0.2) is 65.3 Å². The van der Waals surface area contributed by atoms with Gasteiger partial charge in [0.2, 0.25) is 0 Å². The predicted octanol–water partition coefficient (Wildman–Crippen LogP) is 5.40. The number of carbonyl (C=O) groups excluding carboxylic acids is 1. The van der Waals surface area contributed by atoms with Crippen molar-refractivity contribution in [1.29, 1.82) is 0 Å². The molecular weight excluding hydrogens is 552 g/mol. The number of aldehydes is 1. The second kappa shape index (κ2) is 16.1. The van der Waals surface area contributed by atoms with Gasteiger partial charge < -0.3 is 37.4 Å². The SMILES string of the molecule is CCCC[C@H](N)CCC[C@H]1c2cc3cc(CC=O)ccc3cc2CC[C@@H]1C[C@@H](Nc1ccc[nH]1)/C(=C/C(=O)O)CN=C(N)N. The number of unbranched alkanes of at least 4 members (excludes halogenated alkanes) is 1. The van der Waals surface area contributed by atoms with E-state index in [4.69, 9.17) is 17.2 Å². The van der Waals surface area contributed by atoms with Gasteiger partial charge in [0.05, 0.1) is 12.6 Å². The number of aromatic nitrogens is 1. The predicted molar refractivity (Wildman–Crippen MR) is 179 cm³/mol. The molecule has 1 aromatic heterocycles. The number of benzene rings is 2. The van der Waals surface area contributed by atoms with Crippen LogP contribution in [-0.2, 0) is 22.4 Å². The van der Waals surface area contributed by atoms with Crippen LogP contribution in [0.3, 0.4) is 0 Å². The van der Waals surface area contributed by atoms with Gasteiger partial charge in [-0.3, -0.25) is 0 Å². The Kier molecular flexibility index (Phi) is 12.0. The number of nitrogens with one attached hydrogen (secondary N) is 2. The summed E-state index contributed by atoms with van der Waals surface area (Å²) in [6.07, 6.45) is 13.4. The molecule has 0 bridgehead atoms. The van der Waals surface area contributed by atoms with Gasteiger partial charge in [0.15, 0.2) is 5.96 Å². The number of hydrogen-bond acceptors (Lipinski definition) is 5. The molecule has 0 aliphatic heterocycles. The van der Waals surface area contributed by atoms with Crippen LogP contribution in [0.5, 0.6) is 0 Å². The molecule has 0 saturated heterocycles. The maximum Gasteiger partial charge on any atom is 0.328 e. The number of fused-ring (bicyclic) bond motifs is 2. The highest BCUT2D eigenvalue weighted by Gasteiger charge is 2.33. The minimum absolute atomic E-state index is 0.0791. The zero-order valence-electron chi connectivity index (χ0n) is 25.8. The lowest BCUT2D eigenvalue weighted by Crippen LogP contribution is -2.32. The number of aliphatic imine (C=N–C) groups is 1. The summed E-state index contributed by atoms with van der Waals surface area (Å²) in [5, 5.41) is 15.6. The molecule has 1 aliphatic carbocycles. The Labute approximate surface area is 260 Å². The van der Waals surface area contributed by atoms with Crippen molar-refractivity contribution in [1.82, 2.24) is 4.98 Å². The second-order valence-electron chi connectivity index (χ2n) is 12.2. The molecule has 4 atom stereocenters. The monoisotopic (exact) mass is 600 g/mol. The number of nitrogens with zero attached hydrogens (tertiary/aromatic N) is 1. The lowest BCUT2D eigenvalue weighted by atomic mass is 9.69. The number of aryl methyl sites for hydroxylation is 1. The van der Waals surface area contributed by atoms with Crippen LogP contribution < -0.4 is 22.5 Å². The maximum absolute atomic E-state index is 11.9. The number of H-pyrrole nitrogens is 1. The Morgan fingerprint density at radius 3 is 2.68 bits per heavy atom. The number of carboxylic acids is 1. The smallest absolute Gasteiger partial charge is 0.328 e. The number of carbonyl (C=O) groups is 2. The molecule has 0 spiro atoms. The Balaban J connectivity index is 1.69. The quantitative estimate of drug-likeness (QED) is 0.0521. The van der Waals surface area contributed by atoms with Crippen molar-refractivity contribution >= 4 is 34.8 Å². The van der Waals surface area contributed by atoms with E-state index in [1.54, 1.807) is 0 Å². The largest absolute Gasteiger partial charge is 0.478 e. The minimum atomic E-state index is -1.03. The van der Waals surface area contributed by atoms with Gasteiger partial charge >= 0.3 is 5.97 Å². The van der Waals surface area contributed by atoms with E-state index in [-0.39, 0.29) is 36.4 Å². The van der Waals surface area contributed by atoms with Crippen LogP contribution in [0.4, 0.5) is 5.82 Å². The summed E-state index contributed by atoms with van der Waals surface area (Å²) in [5.41, 5.74) is 22.1. The van der Waals surface area contributed by atoms with Crippen molar-refractivity contribution in [3.8, 4) is 0 Å². The molecule has 44 heavy (non-hydrogen) atoms. The van der Waals surface area contributed by atoms with Gasteiger partial charge in [-0.25, -0.2) is 9.79 Å². The van der Waals surface area contributed by atoms with Crippen molar-refractivity contribution in [2.24, 2.45) is 28.1 Å². The zero-order chi connectivity index (χ0) is 31.5. The summed E-state index contributed by atoms with van der Waals surface area (Å²) >= 11 is 0. The summed E-state index contributed by atoms with van der Waals surface area (Å²) in [6.45, 7) is 2.29. The molecular formula is C35H48N6O3. The van der Waals surface area contributed by atoms with Gasteiger partial charge in [0.25, 0.3) is 0 Å². The van der Waals surface area contributed by atoms with Gasteiger partial charge in [-0.05, 0) is 95.5 Å². The molecule has 1 heterocycles. The summed E-state index contributed by atoms with van der Waals surface area (Å²) in [5.74, 6) is 0.254. The Morgan fingerprint density at radius 1 is 1.16 bits per heavy atom. The molecule has 9 N–H and O–H groups in total. The lowest BCUT2D eigenvalue weighted by Gasteiger charge is -2.37. The van der Waals surface area contributed by atoms with Crippen molar-refractivity contribution in [2.75, 3.05) is 11.9 Å². The van der Waals surface area contributed by atoms with Crippen LogP contribution in [-0.4, -0.2) is 46.9 Å². The fourth-order valence-electron chi connectivity index (χ4n) is 6.69. The third kappa shape index (κ3) is 9.19. The number of guanidine groups is 1. The van der Waals surface area contributed by atoms with E-state index >= 15 is 0 Å². The number of rotatable bonds is 17. The molecule has 4 rings (SSSR count). The fourth-order valence-corrected chi connectivity index (χ4v) is 6.69. The second-order valence-corrected chi connectivity index (χ2v) is 12.2. The number of aromatic amines is 1. The molecule has 2 aromatic carbocycles. The molecule has 1 aliphatic rings. The van der Waals surface area contributed by atoms with Crippen LogP contribution in [0.2, 0.25) is 0 Å². The highest BCUT2D eigenvalue weighted by atomic mass is 16.4. The molecule has 0 amide bonds. The topological polar surface area (TPSA) is 173 Å². The number of hydrogen-bond donors (Lipinski definition) is 6. The number of carboxylic acid groups (broad SMARTS) is 1. The van der Waals surface area contributed by atoms with E-state index in [1.807, 2.05) is 24.4 Å². The van der Waals surface area contributed by atoms with Crippen LogP contribution in [0.25, 0.3) is 10.8 Å². The van der Waals surface area contributed by atoms with E-state index in [1.165, 1.54) is 22.6 Å². The van der Waals surface area contributed by atoms with Crippen LogP contribution in [0.1, 0.15) is 80.9 Å². The third-order valence-corrected chi connectivity index (χ3v) is 8.92. The molecule has 9 heteroatoms. The van der Waals surface area contributed by atoms with Gasteiger partial charge in [0, 0.05) is 24.7 Å². The van der Waals surface area contributed by atoms with E-state index in [0.29, 0.717) is 18.4 Å². The highest BCUT2D eigenvalue weighted by Crippen LogP contribution is 2.44. The first-order chi connectivity index (χ1) is 21.3. The van der Waals surface area contributed by atoms with Gasteiger partial charge in [-0.15, -0.1) is 0 Å². The molecule has 0 radical (unpaired) electrons. The maximum atomic E-state index is 11.9. The first kappa shape index (κ1) is 32.8. The summed E-state index contributed by atoms with van der Waals surface area (Å²) in [6, 6.07) is 14.7. The summed E-state index contributed by atoms with van der Waals surface area (Å²) < 4.78 is 0. The average Bonchev–Trinajstić information content (AvgIpc) is 3.51. The van der Waals surface area contributed by atoms with E-state index in [2.05, 4.69) is 46.5 Å². The molecule has 9 nitrogen and oxygen atoms in total. The molecule has 3 aromatic rings. The summed E-state index contributed by atoms with van der Waals surface area (Å²) in [7, 11) is 0. The Morgan fingerprint density at radius 2 is 1.98 bits per heavy atom. The Bertz CT molecular complexity index is 1440. The summed E-state index contributed by atoms with van der Waals surface area (Å²) in [4.78, 5) is 30.5. The minimum Gasteiger partial charge on any atom is -0.478 e. The number of anilines is 1. The van der Waals surface area contributed by atoms with Crippen molar-refractivity contribution in [3.05, 3.63) is 77.0 Å². The molecule has 236 valence electrons. The third-order valence-electron chi connectivity index (χ3n) is 8.92. The van der Waals surface area contributed by atoms with E-state index in [9.17, 15) is 14.7 Å². The van der Waals surface area contributed by atoms with Crippen molar-refractivity contribution in [3.63, 3.8) is 0 Å². The Hall–Kier alpha value is -4.11. The van der Waals surface area contributed by atoms with E-state index in [0.717, 1.165) is 74.4 Å². The molecule has 0 fully saturated rings. The zero-order valence-corrected chi connectivity index (χ0v) is 25.8. The normalized spacial score (nSPS) is 17.9. The average molecular weight is 601 g/mol. The fraction of sp³-hybridized carbons (Fsp3) is 0.457. The highest BCUT2D eigenvalue weighted by molar-refractivity contribution is 5.86. The lowest BCUT2D eigenvalue weighted by molar-refractivity contribution is -0.131. The number of aliphatic carboxylic acids is 1.